The van der Waals surface area contributed by atoms with Crippen LogP contribution in [0.5, 0.6) is 5.75 Å². The van der Waals surface area contributed by atoms with E-state index >= 15 is 0 Å². The third-order valence-corrected chi connectivity index (χ3v) is 4.06. The van der Waals surface area contributed by atoms with Gasteiger partial charge in [0.15, 0.2) is 0 Å². The van der Waals surface area contributed by atoms with E-state index in [-0.39, 0.29) is 6.04 Å². The summed E-state index contributed by atoms with van der Waals surface area (Å²) in [5.41, 5.74) is 7.28. The van der Waals surface area contributed by atoms with Crippen LogP contribution in [0.25, 0.3) is 0 Å². The van der Waals surface area contributed by atoms with E-state index in [1.54, 1.807) is 6.07 Å². The number of hydrazone groups is 1. The number of hydrogen-bond acceptors (Lipinski definition) is 3. The van der Waals surface area contributed by atoms with Gasteiger partial charge in [0, 0.05) is 17.0 Å². The molecule has 0 saturated carbocycles. The van der Waals surface area contributed by atoms with Crippen LogP contribution >= 0.6 is 11.6 Å². The van der Waals surface area contributed by atoms with E-state index in [9.17, 15) is 5.11 Å². The van der Waals surface area contributed by atoms with E-state index in [4.69, 9.17) is 11.6 Å². The summed E-state index contributed by atoms with van der Waals surface area (Å²) in [5.74, 6) is 0.317. The first-order chi connectivity index (χ1) is 10.2. The van der Waals surface area contributed by atoms with Crippen molar-refractivity contribution in [2.75, 3.05) is 0 Å². The molecule has 2 aromatic rings. The number of nitrogens with zero attached hydrogens (tertiary/aromatic N) is 1. The van der Waals surface area contributed by atoms with Crippen LogP contribution < -0.4 is 5.43 Å². The summed E-state index contributed by atoms with van der Waals surface area (Å²) < 4.78 is 0. The standard InChI is InChI=1S/C17H17ClN2O/c1-2-11-3-8-17(21)14(9-11)16-10-15(19-20-16)12-4-6-13(18)7-5-12/h3-9,16,20-21H,2,10H2,1H3. The van der Waals surface area contributed by atoms with Crippen molar-refractivity contribution in [1.29, 1.82) is 0 Å². The van der Waals surface area contributed by atoms with Crippen LogP contribution in [0.4, 0.5) is 0 Å². The molecule has 3 nitrogen and oxygen atoms in total. The molecule has 4 heteroatoms. The van der Waals surface area contributed by atoms with Gasteiger partial charge in [-0.2, -0.15) is 5.10 Å². The minimum Gasteiger partial charge on any atom is -0.508 e. The van der Waals surface area contributed by atoms with Gasteiger partial charge in [0.25, 0.3) is 0 Å². The fourth-order valence-electron chi connectivity index (χ4n) is 2.55. The van der Waals surface area contributed by atoms with E-state index in [1.165, 1.54) is 5.56 Å². The van der Waals surface area contributed by atoms with Gasteiger partial charge in [-0.3, -0.25) is 0 Å². The average molecular weight is 301 g/mol. The van der Waals surface area contributed by atoms with E-state index in [2.05, 4.69) is 17.5 Å². The van der Waals surface area contributed by atoms with E-state index in [1.807, 2.05) is 36.4 Å². The topological polar surface area (TPSA) is 44.6 Å². The Hall–Kier alpha value is -2.00. The average Bonchev–Trinajstić information content (AvgIpc) is 2.98. The van der Waals surface area contributed by atoms with Crippen molar-refractivity contribution in [3.8, 4) is 5.75 Å². The molecule has 0 fully saturated rings. The summed E-state index contributed by atoms with van der Waals surface area (Å²) in [4.78, 5) is 0. The Morgan fingerprint density at radius 3 is 2.71 bits per heavy atom. The molecule has 108 valence electrons. The molecule has 1 unspecified atom stereocenters. The first kappa shape index (κ1) is 14.0. The van der Waals surface area contributed by atoms with Gasteiger partial charge in [-0.05, 0) is 41.8 Å². The normalized spacial score (nSPS) is 17.4. The molecule has 1 heterocycles. The van der Waals surface area contributed by atoms with Crippen molar-refractivity contribution in [2.24, 2.45) is 5.10 Å². The molecule has 0 bridgehead atoms. The number of aryl methyl sites for hydroxylation is 1. The molecule has 2 aromatic carbocycles. The Kier molecular flexibility index (Phi) is 3.84. The van der Waals surface area contributed by atoms with Gasteiger partial charge in [-0.1, -0.05) is 36.7 Å². The van der Waals surface area contributed by atoms with Crippen molar-refractivity contribution in [1.82, 2.24) is 5.43 Å². The van der Waals surface area contributed by atoms with Crippen molar-refractivity contribution < 1.29 is 5.11 Å². The van der Waals surface area contributed by atoms with Gasteiger partial charge in [0.1, 0.15) is 5.75 Å². The van der Waals surface area contributed by atoms with Crippen LogP contribution in [0.3, 0.4) is 0 Å². The fraction of sp³-hybridized carbons (Fsp3) is 0.235. The largest absolute Gasteiger partial charge is 0.508 e. The van der Waals surface area contributed by atoms with Crippen LogP contribution in [0.1, 0.15) is 36.1 Å². The monoisotopic (exact) mass is 300 g/mol. The lowest BCUT2D eigenvalue weighted by Crippen LogP contribution is -2.10. The molecular formula is C17H17ClN2O. The predicted molar refractivity (Wildman–Crippen MR) is 86.0 cm³/mol. The van der Waals surface area contributed by atoms with Crippen LogP contribution in [-0.2, 0) is 6.42 Å². The number of benzene rings is 2. The van der Waals surface area contributed by atoms with Gasteiger partial charge >= 0.3 is 0 Å². The Morgan fingerprint density at radius 2 is 2.00 bits per heavy atom. The third-order valence-electron chi connectivity index (χ3n) is 3.81. The zero-order valence-corrected chi connectivity index (χ0v) is 12.6. The van der Waals surface area contributed by atoms with Crippen LogP contribution in [0.15, 0.2) is 47.6 Å². The van der Waals surface area contributed by atoms with E-state index in [0.717, 1.165) is 34.7 Å². The van der Waals surface area contributed by atoms with Gasteiger partial charge in [0.05, 0.1) is 11.8 Å². The lowest BCUT2D eigenvalue weighted by atomic mass is 9.96. The molecule has 0 amide bonds. The molecule has 1 atom stereocenters. The quantitative estimate of drug-likeness (QED) is 0.898. The lowest BCUT2D eigenvalue weighted by molar-refractivity contribution is 0.455. The Bertz CT molecular complexity index is 680. The van der Waals surface area contributed by atoms with Crippen molar-refractivity contribution in [3.05, 3.63) is 64.2 Å². The predicted octanol–water partition coefficient (Wildman–Crippen LogP) is 4.05. The second-order valence-electron chi connectivity index (χ2n) is 5.20. The van der Waals surface area contributed by atoms with Crippen molar-refractivity contribution in [3.63, 3.8) is 0 Å². The smallest absolute Gasteiger partial charge is 0.120 e. The maximum Gasteiger partial charge on any atom is 0.120 e. The summed E-state index contributed by atoms with van der Waals surface area (Å²) in [7, 11) is 0. The van der Waals surface area contributed by atoms with Gasteiger partial charge in [-0.25, -0.2) is 0 Å². The zero-order chi connectivity index (χ0) is 14.8. The molecule has 0 spiro atoms. The van der Waals surface area contributed by atoms with Crippen LogP contribution in [0.2, 0.25) is 5.02 Å². The summed E-state index contributed by atoms with van der Waals surface area (Å²) in [6.45, 7) is 2.11. The highest BCUT2D eigenvalue weighted by Gasteiger charge is 2.23. The Morgan fingerprint density at radius 1 is 1.24 bits per heavy atom. The molecule has 21 heavy (non-hydrogen) atoms. The van der Waals surface area contributed by atoms with Crippen molar-refractivity contribution >= 4 is 17.3 Å². The SMILES string of the molecule is CCc1ccc(O)c(C2CC(c3ccc(Cl)cc3)=NN2)c1. The number of rotatable bonds is 3. The van der Waals surface area contributed by atoms with Crippen LogP contribution in [-0.4, -0.2) is 10.8 Å². The maximum atomic E-state index is 10.1. The molecule has 1 aliphatic heterocycles. The van der Waals surface area contributed by atoms with Gasteiger partial charge in [0.2, 0.25) is 0 Å². The van der Waals surface area contributed by atoms with Gasteiger partial charge < -0.3 is 10.5 Å². The summed E-state index contributed by atoms with van der Waals surface area (Å²) >= 11 is 5.91. The second-order valence-corrected chi connectivity index (χ2v) is 5.63. The summed E-state index contributed by atoms with van der Waals surface area (Å²) in [6.07, 6.45) is 1.70. The van der Waals surface area contributed by atoms with Crippen molar-refractivity contribution in [2.45, 2.75) is 25.8 Å². The number of phenolic OH excluding ortho intramolecular Hbond substituents is 1. The second kappa shape index (κ2) is 5.78. The highest BCUT2D eigenvalue weighted by Crippen LogP contribution is 2.31. The Labute approximate surface area is 129 Å². The molecule has 0 saturated heterocycles. The fourth-order valence-corrected chi connectivity index (χ4v) is 2.67. The highest BCUT2D eigenvalue weighted by atomic mass is 35.5. The highest BCUT2D eigenvalue weighted by molar-refractivity contribution is 6.30. The van der Waals surface area contributed by atoms with Crippen LogP contribution in [0, 0.1) is 0 Å². The first-order valence-electron chi connectivity index (χ1n) is 7.07. The number of halogens is 1. The molecule has 0 aliphatic carbocycles. The number of phenols is 1. The zero-order valence-electron chi connectivity index (χ0n) is 11.8. The Balaban J connectivity index is 1.81. The van der Waals surface area contributed by atoms with E-state index < -0.39 is 0 Å². The van der Waals surface area contributed by atoms with E-state index in [0.29, 0.717) is 5.75 Å². The summed E-state index contributed by atoms with van der Waals surface area (Å²) in [5, 5.41) is 15.2. The third kappa shape index (κ3) is 2.88. The minimum atomic E-state index is 0.0159. The number of nitrogens with one attached hydrogen (secondary N) is 1. The number of aromatic hydroxyl groups is 1. The molecule has 3 rings (SSSR count). The lowest BCUT2D eigenvalue weighted by Gasteiger charge is -2.13. The molecule has 1 aliphatic rings. The first-order valence-corrected chi connectivity index (χ1v) is 7.45. The molecular weight excluding hydrogens is 284 g/mol. The number of hydrogen-bond donors (Lipinski definition) is 2. The maximum absolute atomic E-state index is 10.1. The molecule has 0 aromatic heterocycles. The minimum absolute atomic E-state index is 0.0159. The summed E-state index contributed by atoms with van der Waals surface area (Å²) in [6, 6.07) is 13.4. The van der Waals surface area contributed by atoms with Gasteiger partial charge in [-0.15, -0.1) is 0 Å². The molecule has 2 N–H and O–H groups in total. The molecule has 0 radical (unpaired) electrons.